The van der Waals surface area contributed by atoms with E-state index in [-0.39, 0.29) is 11.4 Å². The van der Waals surface area contributed by atoms with E-state index >= 15 is 0 Å². The maximum Gasteiger partial charge on any atom is 0.416 e. The van der Waals surface area contributed by atoms with Crippen molar-refractivity contribution in [2.24, 2.45) is 0 Å². The smallest absolute Gasteiger partial charge is 0.308 e. The van der Waals surface area contributed by atoms with Crippen LogP contribution in [0.3, 0.4) is 0 Å². The SMILES string of the molecule is Cc1ccc(NC(=O)N2CCSC2c2ccc(C(F)(F)F)cc2)cc1. The molecule has 2 amide bonds. The van der Waals surface area contributed by atoms with Crippen LogP contribution in [0, 0.1) is 6.92 Å². The Morgan fingerprint density at radius 3 is 2.36 bits per heavy atom. The van der Waals surface area contributed by atoms with E-state index in [4.69, 9.17) is 0 Å². The fourth-order valence-corrected chi connectivity index (χ4v) is 3.88. The summed E-state index contributed by atoms with van der Waals surface area (Å²) in [5.74, 6) is 0.743. The molecular weight excluding hydrogens is 349 g/mol. The van der Waals surface area contributed by atoms with Gasteiger partial charge in [0.1, 0.15) is 5.37 Å². The molecule has 0 aromatic heterocycles. The minimum atomic E-state index is -4.36. The highest BCUT2D eigenvalue weighted by Gasteiger charge is 2.33. The number of carbonyl (C=O) groups is 1. The van der Waals surface area contributed by atoms with Crippen LogP contribution in [-0.2, 0) is 6.18 Å². The molecule has 1 aliphatic rings. The number of alkyl halides is 3. The lowest BCUT2D eigenvalue weighted by Crippen LogP contribution is -2.34. The van der Waals surface area contributed by atoms with E-state index in [0.717, 1.165) is 23.4 Å². The summed E-state index contributed by atoms with van der Waals surface area (Å²) in [6.45, 7) is 2.51. The van der Waals surface area contributed by atoms with Crippen molar-refractivity contribution in [1.82, 2.24) is 4.90 Å². The van der Waals surface area contributed by atoms with Crippen LogP contribution < -0.4 is 5.32 Å². The van der Waals surface area contributed by atoms with Crippen molar-refractivity contribution < 1.29 is 18.0 Å². The summed E-state index contributed by atoms with van der Waals surface area (Å²) in [5, 5.41) is 2.56. The Hall–Kier alpha value is -2.15. The molecule has 0 saturated carbocycles. The van der Waals surface area contributed by atoms with E-state index < -0.39 is 11.7 Å². The first-order valence-corrected chi connectivity index (χ1v) is 8.82. The molecule has 1 heterocycles. The fraction of sp³-hybridized carbons (Fsp3) is 0.278. The molecule has 3 rings (SSSR count). The minimum absolute atomic E-state index is 0.251. The second-order valence-electron chi connectivity index (χ2n) is 5.83. The van der Waals surface area contributed by atoms with Crippen LogP contribution in [0.5, 0.6) is 0 Å². The third-order valence-corrected chi connectivity index (χ3v) is 5.24. The Balaban J connectivity index is 1.73. The van der Waals surface area contributed by atoms with Crippen LogP contribution in [-0.4, -0.2) is 23.2 Å². The van der Waals surface area contributed by atoms with Crippen molar-refractivity contribution in [2.75, 3.05) is 17.6 Å². The average molecular weight is 366 g/mol. The predicted molar refractivity (Wildman–Crippen MR) is 93.5 cm³/mol. The van der Waals surface area contributed by atoms with E-state index in [1.165, 1.54) is 12.1 Å². The largest absolute Gasteiger partial charge is 0.416 e. The molecular formula is C18H17F3N2OS. The second-order valence-corrected chi connectivity index (χ2v) is 7.02. The Bertz CT molecular complexity index is 744. The molecule has 1 saturated heterocycles. The number of hydrogen-bond acceptors (Lipinski definition) is 2. The quantitative estimate of drug-likeness (QED) is 0.783. The molecule has 0 aliphatic carbocycles. The Labute approximate surface area is 148 Å². The number of halogens is 3. The molecule has 3 nitrogen and oxygen atoms in total. The van der Waals surface area contributed by atoms with Crippen molar-refractivity contribution in [3.8, 4) is 0 Å². The molecule has 2 aromatic carbocycles. The van der Waals surface area contributed by atoms with E-state index in [1.54, 1.807) is 16.7 Å². The van der Waals surface area contributed by atoms with Crippen LogP contribution in [0.1, 0.15) is 22.1 Å². The zero-order chi connectivity index (χ0) is 18.0. The monoisotopic (exact) mass is 366 g/mol. The molecule has 1 N–H and O–H groups in total. The summed E-state index contributed by atoms with van der Waals surface area (Å²) in [6.07, 6.45) is -4.36. The zero-order valence-electron chi connectivity index (χ0n) is 13.5. The highest BCUT2D eigenvalue weighted by Crippen LogP contribution is 2.39. The molecule has 132 valence electrons. The lowest BCUT2D eigenvalue weighted by molar-refractivity contribution is -0.137. The predicted octanol–water partition coefficient (Wildman–Crippen LogP) is 5.29. The van der Waals surface area contributed by atoms with Gasteiger partial charge >= 0.3 is 12.2 Å². The number of aryl methyl sites for hydroxylation is 1. The maximum atomic E-state index is 12.7. The van der Waals surface area contributed by atoms with Gasteiger partial charge in [0.15, 0.2) is 0 Å². The molecule has 25 heavy (non-hydrogen) atoms. The summed E-state index contributed by atoms with van der Waals surface area (Å²) in [5.41, 5.74) is 1.79. The molecule has 7 heteroatoms. The summed E-state index contributed by atoms with van der Waals surface area (Å²) < 4.78 is 38.1. The molecule has 2 aromatic rings. The minimum Gasteiger partial charge on any atom is -0.308 e. The normalized spacial score (nSPS) is 17.6. The number of hydrogen-bond donors (Lipinski definition) is 1. The number of benzene rings is 2. The molecule has 1 fully saturated rings. The van der Waals surface area contributed by atoms with Gasteiger partial charge in [0.2, 0.25) is 0 Å². The van der Waals surface area contributed by atoms with Gasteiger partial charge in [0.25, 0.3) is 0 Å². The van der Waals surface area contributed by atoms with E-state index in [9.17, 15) is 18.0 Å². The highest BCUT2D eigenvalue weighted by atomic mass is 32.2. The first-order chi connectivity index (χ1) is 11.8. The van der Waals surface area contributed by atoms with Crippen LogP contribution in [0.4, 0.5) is 23.7 Å². The second kappa shape index (κ2) is 7.00. The number of nitrogens with one attached hydrogen (secondary N) is 1. The standard InChI is InChI=1S/C18H17F3N2OS/c1-12-2-8-15(9-3-12)22-17(24)23-10-11-25-16(23)13-4-6-14(7-5-13)18(19,20)21/h2-9,16H,10-11H2,1H3,(H,22,24). The summed E-state index contributed by atoms with van der Waals surface area (Å²) in [6, 6.07) is 12.2. The summed E-state index contributed by atoms with van der Waals surface area (Å²) in [7, 11) is 0. The molecule has 1 atom stereocenters. The van der Waals surface area contributed by atoms with Gasteiger partial charge < -0.3 is 10.2 Å². The molecule has 1 aliphatic heterocycles. The number of carbonyl (C=O) groups excluding carboxylic acids is 1. The van der Waals surface area contributed by atoms with Crippen molar-refractivity contribution in [3.05, 3.63) is 65.2 Å². The van der Waals surface area contributed by atoms with Crippen LogP contribution in [0.2, 0.25) is 0 Å². The van der Waals surface area contributed by atoms with Gasteiger partial charge in [-0.2, -0.15) is 13.2 Å². The number of anilines is 1. The first kappa shape index (κ1) is 17.7. The van der Waals surface area contributed by atoms with Crippen LogP contribution in [0.15, 0.2) is 48.5 Å². The van der Waals surface area contributed by atoms with Gasteiger partial charge in [-0.3, -0.25) is 0 Å². The van der Waals surface area contributed by atoms with E-state index in [0.29, 0.717) is 17.8 Å². The summed E-state index contributed by atoms with van der Waals surface area (Å²) >= 11 is 1.54. The number of amides is 2. The Morgan fingerprint density at radius 1 is 1.12 bits per heavy atom. The van der Waals surface area contributed by atoms with Crippen molar-refractivity contribution in [2.45, 2.75) is 18.5 Å². The van der Waals surface area contributed by atoms with Gasteiger partial charge in [-0.1, -0.05) is 29.8 Å². The number of rotatable bonds is 2. The Kier molecular flexibility index (Phi) is 4.94. The maximum absolute atomic E-state index is 12.7. The van der Waals surface area contributed by atoms with Gasteiger partial charge in [-0.05, 0) is 36.8 Å². The van der Waals surface area contributed by atoms with Crippen molar-refractivity contribution >= 4 is 23.5 Å². The number of urea groups is 1. The van der Waals surface area contributed by atoms with Crippen LogP contribution >= 0.6 is 11.8 Å². The number of thioether (sulfide) groups is 1. The molecule has 0 spiro atoms. The highest BCUT2D eigenvalue weighted by molar-refractivity contribution is 7.99. The van der Waals surface area contributed by atoms with Crippen molar-refractivity contribution in [1.29, 1.82) is 0 Å². The molecule has 1 unspecified atom stereocenters. The third-order valence-electron chi connectivity index (χ3n) is 3.98. The van der Waals surface area contributed by atoms with Gasteiger partial charge in [-0.25, -0.2) is 4.79 Å². The van der Waals surface area contributed by atoms with E-state index in [1.807, 2.05) is 31.2 Å². The Morgan fingerprint density at radius 2 is 1.76 bits per heavy atom. The molecule has 0 radical (unpaired) electrons. The van der Waals surface area contributed by atoms with Gasteiger partial charge in [0, 0.05) is 18.0 Å². The lowest BCUT2D eigenvalue weighted by atomic mass is 10.1. The first-order valence-electron chi connectivity index (χ1n) is 7.77. The van der Waals surface area contributed by atoms with Crippen molar-refractivity contribution in [3.63, 3.8) is 0 Å². The number of nitrogens with zero attached hydrogens (tertiary/aromatic N) is 1. The third kappa shape index (κ3) is 4.10. The van der Waals surface area contributed by atoms with Gasteiger partial charge in [-0.15, -0.1) is 11.8 Å². The fourth-order valence-electron chi connectivity index (χ4n) is 2.62. The topological polar surface area (TPSA) is 32.3 Å². The van der Waals surface area contributed by atoms with Crippen LogP contribution in [0.25, 0.3) is 0 Å². The average Bonchev–Trinajstić information content (AvgIpc) is 3.06. The summed E-state index contributed by atoms with van der Waals surface area (Å²) in [4.78, 5) is 14.2. The van der Waals surface area contributed by atoms with Gasteiger partial charge in [0.05, 0.1) is 5.56 Å². The molecule has 0 bridgehead atoms. The zero-order valence-corrected chi connectivity index (χ0v) is 14.3. The lowest BCUT2D eigenvalue weighted by Gasteiger charge is -2.24. The van der Waals surface area contributed by atoms with E-state index in [2.05, 4.69) is 5.32 Å².